The zero-order chi connectivity index (χ0) is 25.1. The first-order valence-corrected chi connectivity index (χ1v) is 14.4. The summed E-state index contributed by atoms with van der Waals surface area (Å²) < 4.78 is 7.47. The predicted molar refractivity (Wildman–Crippen MR) is 144 cm³/mol. The second-order valence-electron chi connectivity index (χ2n) is 8.74. The van der Waals surface area contributed by atoms with E-state index in [1.165, 1.54) is 38.4 Å². The fourth-order valence-corrected chi connectivity index (χ4v) is 6.96. The van der Waals surface area contributed by atoms with Crippen molar-refractivity contribution in [2.75, 3.05) is 11.1 Å². The second-order valence-corrected chi connectivity index (χ2v) is 11.9. The van der Waals surface area contributed by atoms with Gasteiger partial charge in [-0.15, -0.1) is 39.4 Å². The Morgan fingerprint density at radius 1 is 1.29 bits per heavy atom. The maximum absolute atomic E-state index is 12.9. The zero-order valence-electron chi connectivity index (χ0n) is 20.5. The van der Waals surface area contributed by atoms with Crippen LogP contribution in [0.5, 0.6) is 0 Å². The van der Waals surface area contributed by atoms with Crippen LogP contribution in [-0.4, -0.2) is 38.5 Å². The number of carbonyl (C=O) groups is 2. The highest BCUT2D eigenvalue weighted by molar-refractivity contribution is 7.99. The first-order chi connectivity index (χ1) is 16.8. The Balaban J connectivity index is 1.51. The summed E-state index contributed by atoms with van der Waals surface area (Å²) in [7, 11) is 0. The van der Waals surface area contributed by atoms with Gasteiger partial charge in [-0.2, -0.15) is 0 Å². The first kappa shape index (κ1) is 25.7. The molecule has 1 aliphatic carbocycles. The molecule has 3 heterocycles. The molecule has 0 saturated heterocycles. The first-order valence-electron chi connectivity index (χ1n) is 11.7. The molecule has 0 fully saturated rings. The number of allylic oxidation sites excluding steroid dienone is 1. The third-order valence-corrected chi connectivity index (χ3v) is 9.05. The van der Waals surface area contributed by atoms with Crippen molar-refractivity contribution in [1.29, 1.82) is 0 Å². The molecule has 7 nitrogen and oxygen atoms in total. The van der Waals surface area contributed by atoms with Crippen molar-refractivity contribution in [2.45, 2.75) is 71.2 Å². The largest absolute Gasteiger partial charge is 0.459 e. The monoisotopic (exact) mass is 530 g/mol. The summed E-state index contributed by atoms with van der Waals surface area (Å²) in [4.78, 5) is 28.2. The normalized spacial score (nSPS) is 13.1. The number of carbonyl (C=O) groups excluding carboxylic acids is 2. The van der Waals surface area contributed by atoms with Crippen LogP contribution in [0, 0.1) is 13.8 Å². The van der Waals surface area contributed by atoms with E-state index < -0.39 is 0 Å². The predicted octanol–water partition coefficient (Wildman–Crippen LogP) is 6.05. The number of ether oxygens (including phenoxy) is 1. The fourth-order valence-electron chi connectivity index (χ4n) is 4.06. The van der Waals surface area contributed by atoms with Gasteiger partial charge in [-0.1, -0.05) is 17.8 Å². The number of nitrogens with one attached hydrogen (secondary N) is 1. The minimum Gasteiger partial charge on any atom is -0.459 e. The number of hydrogen-bond donors (Lipinski definition) is 1. The summed E-state index contributed by atoms with van der Waals surface area (Å²) in [6.07, 6.45) is 5.49. The number of fused-ring (bicyclic) bond motifs is 1. The van der Waals surface area contributed by atoms with Crippen molar-refractivity contribution in [1.82, 2.24) is 14.8 Å². The Morgan fingerprint density at radius 2 is 2.06 bits per heavy atom. The molecule has 4 rings (SSSR count). The van der Waals surface area contributed by atoms with Crippen LogP contribution in [0.4, 0.5) is 5.00 Å². The molecule has 186 valence electrons. The Kier molecular flexibility index (Phi) is 8.13. The van der Waals surface area contributed by atoms with Gasteiger partial charge in [-0.05, 0) is 64.5 Å². The average molecular weight is 531 g/mol. The number of hydrogen-bond acceptors (Lipinski definition) is 8. The SMILES string of the molecule is C=CCn1c(SCC(=O)Nc2sc3c(c2C(=O)OC(C)C)CCCC3)nnc1-c1csc(C)c1C. The molecule has 0 atom stereocenters. The molecule has 0 spiro atoms. The molecule has 0 bridgehead atoms. The third-order valence-electron chi connectivity index (χ3n) is 5.86. The molecule has 3 aromatic heterocycles. The number of thiophene rings is 2. The van der Waals surface area contributed by atoms with Gasteiger partial charge < -0.3 is 10.1 Å². The second kappa shape index (κ2) is 11.1. The number of nitrogens with zero attached hydrogens (tertiary/aromatic N) is 3. The van der Waals surface area contributed by atoms with Crippen LogP contribution in [0.15, 0.2) is 23.2 Å². The van der Waals surface area contributed by atoms with Gasteiger partial charge >= 0.3 is 5.97 Å². The van der Waals surface area contributed by atoms with Gasteiger partial charge in [0.15, 0.2) is 11.0 Å². The summed E-state index contributed by atoms with van der Waals surface area (Å²) in [5.74, 6) is 0.376. The number of anilines is 1. The quantitative estimate of drug-likeness (QED) is 0.206. The third kappa shape index (κ3) is 5.54. The van der Waals surface area contributed by atoms with Crippen LogP contribution in [0.1, 0.15) is 57.9 Å². The van der Waals surface area contributed by atoms with Gasteiger partial charge in [0.2, 0.25) is 5.91 Å². The highest BCUT2D eigenvalue weighted by Gasteiger charge is 2.28. The molecule has 3 aromatic rings. The Hall–Kier alpha value is -2.43. The van der Waals surface area contributed by atoms with Crippen molar-refractivity contribution < 1.29 is 14.3 Å². The van der Waals surface area contributed by atoms with E-state index >= 15 is 0 Å². The maximum atomic E-state index is 12.9. The number of thioether (sulfide) groups is 1. The van der Waals surface area contributed by atoms with Gasteiger partial charge in [0.25, 0.3) is 0 Å². The summed E-state index contributed by atoms with van der Waals surface area (Å²) >= 11 is 4.51. The van der Waals surface area contributed by atoms with Crippen LogP contribution in [-0.2, 0) is 28.9 Å². The van der Waals surface area contributed by atoms with E-state index in [2.05, 4.69) is 41.3 Å². The number of aromatic nitrogens is 3. The zero-order valence-corrected chi connectivity index (χ0v) is 22.9. The summed E-state index contributed by atoms with van der Waals surface area (Å²) in [6.45, 7) is 12.2. The molecular formula is C25H30N4O3S3. The van der Waals surface area contributed by atoms with Gasteiger partial charge in [-0.3, -0.25) is 9.36 Å². The molecule has 10 heteroatoms. The molecule has 35 heavy (non-hydrogen) atoms. The molecule has 0 aromatic carbocycles. The van der Waals surface area contributed by atoms with Gasteiger partial charge in [-0.25, -0.2) is 4.79 Å². The summed E-state index contributed by atoms with van der Waals surface area (Å²) in [6, 6.07) is 0. The van der Waals surface area contributed by atoms with E-state index in [1.807, 2.05) is 18.4 Å². The van der Waals surface area contributed by atoms with Crippen molar-refractivity contribution in [3.63, 3.8) is 0 Å². The molecule has 0 saturated carbocycles. The van der Waals surface area contributed by atoms with Crippen LogP contribution in [0.25, 0.3) is 11.4 Å². The van der Waals surface area contributed by atoms with Crippen LogP contribution < -0.4 is 5.32 Å². The Morgan fingerprint density at radius 3 is 2.74 bits per heavy atom. The van der Waals surface area contributed by atoms with E-state index in [4.69, 9.17) is 4.74 Å². The van der Waals surface area contributed by atoms with Crippen LogP contribution in [0.3, 0.4) is 0 Å². The van der Waals surface area contributed by atoms with Gasteiger partial charge in [0.1, 0.15) is 5.00 Å². The molecule has 0 radical (unpaired) electrons. The van der Waals surface area contributed by atoms with Crippen molar-refractivity contribution in [3.05, 3.63) is 44.5 Å². The van der Waals surface area contributed by atoms with E-state index in [0.29, 0.717) is 22.3 Å². The number of amides is 1. The fraction of sp³-hybridized carbons (Fsp3) is 0.440. The average Bonchev–Trinajstić information content (AvgIpc) is 3.47. The molecular weight excluding hydrogens is 501 g/mol. The van der Waals surface area contributed by atoms with E-state index in [-0.39, 0.29) is 23.7 Å². The lowest BCUT2D eigenvalue weighted by atomic mass is 9.95. The van der Waals surface area contributed by atoms with E-state index in [1.54, 1.807) is 17.4 Å². The minimum absolute atomic E-state index is 0.151. The molecule has 0 unspecified atom stereocenters. The standard InChI is InChI=1S/C25H30N4O3S3/c1-6-11-29-22(18-12-33-16(5)15(18)4)27-28-25(29)34-13-20(30)26-23-21(24(31)32-14(2)3)17-9-7-8-10-19(17)35-23/h6,12,14H,1,7-11,13H2,2-5H3,(H,26,30). The smallest absolute Gasteiger partial charge is 0.341 e. The molecule has 1 aliphatic rings. The topological polar surface area (TPSA) is 86.1 Å². The van der Waals surface area contributed by atoms with Crippen molar-refractivity contribution in [3.8, 4) is 11.4 Å². The molecule has 0 aliphatic heterocycles. The maximum Gasteiger partial charge on any atom is 0.341 e. The molecule has 1 amide bonds. The van der Waals surface area contributed by atoms with Crippen molar-refractivity contribution >= 4 is 51.3 Å². The Bertz CT molecular complexity index is 1260. The number of esters is 1. The number of rotatable bonds is 9. The highest BCUT2D eigenvalue weighted by atomic mass is 32.2. The summed E-state index contributed by atoms with van der Waals surface area (Å²) in [5.41, 5.74) is 3.80. The lowest BCUT2D eigenvalue weighted by Crippen LogP contribution is -2.19. The van der Waals surface area contributed by atoms with Crippen LogP contribution in [0.2, 0.25) is 0 Å². The van der Waals surface area contributed by atoms with Gasteiger partial charge in [0, 0.05) is 27.2 Å². The summed E-state index contributed by atoms with van der Waals surface area (Å²) in [5, 5.41) is 15.1. The lowest BCUT2D eigenvalue weighted by Gasteiger charge is -2.14. The minimum atomic E-state index is -0.362. The van der Waals surface area contributed by atoms with Crippen LogP contribution >= 0.6 is 34.4 Å². The van der Waals surface area contributed by atoms with E-state index in [0.717, 1.165) is 42.6 Å². The highest BCUT2D eigenvalue weighted by Crippen LogP contribution is 2.39. The molecule has 1 N–H and O–H groups in total. The Labute approximate surface area is 218 Å². The number of aryl methyl sites for hydroxylation is 2. The lowest BCUT2D eigenvalue weighted by molar-refractivity contribution is -0.113. The van der Waals surface area contributed by atoms with E-state index in [9.17, 15) is 9.59 Å². The van der Waals surface area contributed by atoms with Gasteiger partial charge in [0.05, 0.1) is 17.4 Å². The van der Waals surface area contributed by atoms with Crippen molar-refractivity contribution in [2.24, 2.45) is 0 Å².